The molecule has 2 atom stereocenters. The Balaban J connectivity index is 2.65. The monoisotopic (exact) mass is 301 g/mol. The van der Waals surface area contributed by atoms with Crippen LogP contribution in [0.5, 0.6) is 0 Å². The quantitative estimate of drug-likeness (QED) is 0.761. The summed E-state index contributed by atoms with van der Waals surface area (Å²) < 4.78 is 0.607. The zero-order valence-electron chi connectivity index (χ0n) is 10.6. The number of rotatable bonds is 7. The van der Waals surface area contributed by atoms with Crippen molar-refractivity contribution in [1.29, 1.82) is 0 Å². The fraction of sp³-hybridized carbons (Fsp3) is 0.385. The zero-order chi connectivity index (χ0) is 14.4. The number of thiophene rings is 1. The Morgan fingerprint density at radius 2 is 2.26 bits per heavy atom. The van der Waals surface area contributed by atoms with E-state index < -0.39 is 17.9 Å². The Labute approximate surface area is 121 Å². The van der Waals surface area contributed by atoms with E-state index in [-0.39, 0.29) is 5.91 Å². The number of allylic oxidation sites excluding steroid dienone is 1. The van der Waals surface area contributed by atoms with E-state index in [0.29, 0.717) is 17.2 Å². The van der Waals surface area contributed by atoms with Crippen LogP contribution in [0, 0.1) is 0 Å². The minimum atomic E-state index is -1.04. The van der Waals surface area contributed by atoms with Gasteiger partial charge in [0.05, 0.1) is 10.3 Å². The van der Waals surface area contributed by atoms with Crippen LogP contribution in [0.2, 0.25) is 4.34 Å². The lowest BCUT2D eigenvalue weighted by atomic mass is 10.1. The van der Waals surface area contributed by atoms with Gasteiger partial charge < -0.3 is 10.4 Å². The van der Waals surface area contributed by atoms with Gasteiger partial charge in [-0.25, -0.2) is 4.79 Å². The molecule has 104 valence electrons. The molecular formula is C13H16ClNO3S. The molecule has 2 N–H and O–H groups in total. The van der Waals surface area contributed by atoms with Crippen molar-refractivity contribution < 1.29 is 14.7 Å². The minimum Gasteiger partial charge on any atom is -0.480 e. The van der Waals surface area contributed by atoms with Gasteiger partial charge in [0.25, 0.3) is 0 Å². The highest BCUT2D eigenvalue weighted by atomic mass is 35.5. The number of aliphatic carboxylic acids is 1. The maximum Gasteiger partial charge on any atom is 0.326 e. The predicted octanol–water partition coefficient (Wildman–Crippen LogP) is 3.04. The van der Waals surface area contributed by atoms with Gasteiger partial charge in [0.2, 0.25) is 5.91 Å². The Kier molecular flexibility index (Phi) is 6.05. The van der Waals surface area contributed by atoms with Crippen molar-refractivity contribution in [2.24, 2.45) is 0 Å². The first kappa shape index (κ1) is 15.7. The molecule has 4 nitrogen and oxygen atoms in total. The number of amides is 1. The number of carbonyl (C=O) groups excluding carboxylic acids is 1. The van der Waals surface area contributed by atoms with Crippen LogP contribution in [0.4, 0.5) is 0 Å². The number of carboxylic acids is 1. The topological polar surface area (TPSA) is 66.4 Å². The molecule has 1 aromatic rings. The summed E-state index contributed by atoms with van der Waals surface area (Å²) in [7, 11) is 0. The van der Waals surface area contributed by atoms with E-state index in [1.54, 1.807) is 25.1 Å². The Morgan fingerprint density at radius 3 is 2.74 bits per heavy atom. The Bertz CT molecular complexity index is 472. The van der Waals surface area contributed by atoms with Gasteiger partial charge in [-0.3, -0.25) is 4.79 Å². The molecule has 1 heterocycles. The summed E-state index contributed by atoms with van der Waals surface area (Å²) in [5.74, 6) is -1.76. The zero-order valence-corrected chi connectivity index (χ0v) is 12.1. The van der Waals surface area contributed by atoms with E-state index in [2.05, 4.69) is 11.9 Å². The molecule has 1 rings (SSSR count). The predicted molar refractivity (Wildman–Crippen MR) is 76.7 cm³/mol. The van der Waals surface area contributed by atoms with E-state index >= 15 is 0 Å². The van der Waals surface area contributed by atoms with Crippen molar-refractivity contribution in [2.75, 3.05) is 0 Å². The summed E-state index contributed by atoms with van der Waals surface area (Å²) in [5.41, 5.74) is 0. The van der Waals surface area contributed by atoms with Gasteiger partial charge in [-0.1, -0.05) is 17.7 Å². The third-order valence-corrected chi connectivity index (χ3v) is 4.10. The highest BCUT2D eigenvalue weighted by molar-refractivity contribution is 7.16. The molecule has 0 fully saturated rings. The molecule has 0 saturated carbocycles. The third-order valence-electron chi connectivity index (χ3n) is 2.69. The second-order valence-corrected chi connectivity index (χ2v) is 5.88. The van der Waals surface area contributed by atoms with Gasteiger partial charge in [-0.2, -0.15) is 0 Å². The first-order chi connectivity index (χ1) is 8.95. The van der Waals surface area contributed by atoms with Crippen LogP contribution in [-0.4, -0.2) is 23.0 Å². The summed E-state index contributed by atoms with van der Waals surface area (Å²) in [6.45, 7) is 5.26. The summed E-state index contributed by atoms with van der Waals surface area (Å²) in [5, 5.41) is 11.6. The van der Waals surface area contributed by atoms with Crippen molar-refractivity contribution >= 4 is 34.8 Å². The van der Waals surface area contributed by atoms with Crippen LogP contribution in [0.3, 0.4) is 0 Å². The molecule has 0 bridgehead atoms. The highest BCUT2D eigenvalue weighted by Crippen LogP contribution is 2.28. The Morgan fingerprint density at radius 1 is 1.58 bits per heavy atom. The molecule has 0 saturated heterocycles. The largest absolute Gasteiger partial charge is 0.480 e. The van der Waals surface area contributed by atoms with Crippen molar-refractivity contribution in [1.82, 2.24) is 5.32 Å². The second kappa shape index (κ2) is 7.31. The lowest BCUT2D eigenvalue weighted by Crippen LogP contribution is -2.42. The van der Waals surface area contributed by atoms with Crippen molar-refractivity contribution in [3.8, 4) is 0 Å². The third kappa shape index (κ3) is 4.69. The van der Waals surface area contributed by atoms with E-state index in [4.69, 9.17) is 16.7 Å². The number of nitrogens with one attached hydrogen (secondary N) is 1. The van der Waals surface area contributed by atoms with Gasteiger partial charge in [0.1, 0.15) is 6.04 Å². The van der Waals surface area contributed by atoms with Crippen LogP contribution in [0.25, 0.3) is 0 Å². The number of carbonyl (C=O) groups is 2. The molecule has 0 spiro atoms. The smallest absolute Gasteiger partial charge is 0.326 e. The van der Waals surface area contributed by atoms with Crippen molar-refractivity contribution in [2.45, 2.75) is 31.7 Å². The van der Waals surface area contributed by atoms with Crippen LogP contribution < -0.4 is 5.32 Å². The second-order valence-electron chi connectivity index (χ2n) is 4.13. The molecule has 0 aliphatic rings. The number of hydrogen-bond donors (Lipinski definition) is 2. The minimum absolute atomic E-state index is 0.310. The summed E-state index contributed by atoms with van der Waals surface area (Å²) in [6.07, 6.45) is 2.50. The van der Waals surface area contributed by atoms with Crippen LogP contribution in [0.1, 0.15) is 30.6 Å². The maximum absolute atomic E-state index is 12.0. The van der Waals surface area contributed by atoms with Gasteiger partial charge in [0, 0.05) is 4.88 Å². The summed E-state index contributed by atoms with van der Waals surface area (Å²) in [4.78, 5) is 23.8. The molecule has 0 radical (unpaired) electrons. The molecule has 1 amide bonds. The van der Waals surface area contributed by atoms with Crippen LogP contribution >= 0.6 is 22.9 Å². The molecule has 0 aliphatic carbocycles. The fourth-order valence-electron chi connectivity index (χ4n) is 1.53. The summed E-state index contributed by atoms with van der Waals surface area (Å²) in [6, 6.07) is 2.61. The Hall–Kier alpha value is -1.33. The lowest BCUT2D eigenvalue weighted by molar-refractivity contribution is -0.142. The molecule has 2 unspecified atom stereocenters. The molecule has 1 aromatic heterocycles. The molecule has 0 aromatic carbocycles. The SMILES string of the molecule is C=CCCC(NC(=O)C(C)c1ccc(Cl)s1)C(=O)O. The van der Waals surface area contributed by atoms with Gasteiger partial charge >= 0.3 is 5.97 Å². The molecule has 6 heteroatoms. The molecule has 0 aliphatic heterocycles. The molecule has 19 heavy (non-hydrogen) atoms. The normalized spacial score (nSPS) is 13.6. The average Bonchev–Trinajstić information content (AvgIpc) is 2.79. The first-order valence-corrected chi connectivity index (χ1v) is 7.04. The standard InChI is InChI=1S/C13H16ClNO3S/c1-3-4-5-9(13(17)18)15-12(16)8(2)10-6-7-11(14)19-10/h3,6-9H,1,4-5H2,2H3,(H,15,16)(H,17,18). The van der Waals surface area contributed by atoms with Crippen LogP contribution in [0.15, 0.2) is 24.8 Å². The van der Waals surface area contributed by atoms with Gasteiger partial charge in [0.15, 0.2) is 0 Å². The van der Waals surface area contributed by atoms with Crippen molar-refractivity contribution in [3.63, 3.8) is 0 Å². The van der Waals surface area contributed by atoms with Crippen molar-refractivity contribution in [3.05, 3.63) is 34.0 Å². The van der Waals surface area contributed by atoms with E-state index in [9.17, 15) is 9.59 Å². The maximum atomic E-state index is 12.0. The number of halogens is 1. The van der Waals surface area contributed by atoms with E-state index in [0.717, 1.165) is 4.88 Å². The molecular weight excluding hydrogens is 286 g/mol. The van der Waals surface area contributed by atoms with E-state index in [1.165, 1.54) is 11.3 Å². The summed E-state index contributed by atoms with van der Waals surface area (Å²) >= 11 is 7.13. The average molecular weight is 302 g/mol. The fourth-order valence-corrected chi connectivity index (χ4v) is 2.64. The number of carboxylic acid groups (broad SMARTS) is 1. The first-order valence-electron chi connectivity index (χ1n) is 5.85. The van der Waals surface area contributed by atoms with Crippen LogP contribution in [-0.2, 0) is 9.59 Å². The van der Waals surface area contributed by atoms with Gasteiger partial charge in [-0.05, 0) is 31.9 Å². The highest BCUT2D eigenvalue weighted by Gasteiger charge is 2.23. The van der Waals surface area contributed by atoms with Gasteiger partial charge in [-0.15, -0.1) is 17.9 Å². The van der Waals surface area contributed by atoms with E-state index in [1.807, 2.05) is 0 Å². The number of hydrogen-bond acceptors (Lipinski definition) is 3. The lowest BCUT2D eigenvalue weighted by Gasteiger charge is -2.16.